The molecule has 0 radical (unpaired) electrons. The minimum Gasteiger partial charge on any atom is -0.311 e. The van der Waals surface area contributed by atoms with Crippen molar-refractivity contribution in [3.63, 3.8) is 0 Å². The third kappa shape index (κ3) is 1.13. The van der Waals surface area contributed by atoms with Gasteiger partial charge in [-0.25, -0.2) is 5.43 Å². The summed E-state index contributed by atoms with van der Waals surface area (Å²) in [6.45, 7) is 0.844. The number of fused-ring (bicyclic) bond motifs is 1. The monoisotopic (exact) mass is 164 g/mol. The van der Waals surface area contributed by atoms with Crippen LogP contribution in [-0.2, 0) is 6.54 Å². The SMILES string of the molecule is S=C1NNCc2ccccc21. The summed E-state index contributed by atoms with van der Waals surface area (Å²) in [6, 6.07) is 8.13. The van der Waals surface area contributed by atoms with Crippen molar-refractivity contribution >= 4 is 17.2 Å². The summed E-state index contributed by atoms with van der Waals surface area (Å²) in [6.07, 6.45) is 0. The van der Waals surface area contributed by atoms with Crippen LogP contribution in [0.2, 0.25) is 0 Å². The van der Waals surface area contributed by atoms with E-state index in [2.05, 4.69) is 16.9 Å². The molecule has 2 nitrogen and oxygen atoms in total. The number of hydrogen-bond donors (Lipinski definition) is 2. The zero-order valence-corrected chi connectivity index (χ0v) is 6.74. The minimum atomic E-state index is 0.784. The smallest absolute Gasteiger partial charge is 0.121 e. The molecule has 2 N–H and O–H groups in total. The van der Waals surface area contributed by atoms with Crippen LogP contribution in [0.5, 0.6) is 0 Å². The molecule has 1 aliphatic heterocycles. The summed E-state index contributed by atoms with van der Waals surface area (Å²) in [5.74, 6) is 0. The predicted molar refractivity (Wildman–Crippen MR) is 48.1 cm³/mol. The summed E-state index contributed by atoms with van der Waals surface area (Å²) in [5.41, 5.74) is 8.32. The molecule has 0 aliphatic carbocycles. The zero-order valence-electron chi connectivity index (χ0n) is 5.92. The number of hydrazine groups is 1. The molecule has 2 rings (SSSR count). The molecular weight excluding hydrogens is 156 g/mol. The van der Waals surface area contributed by atoms with E-state index in [0.29, 0.717) is 0 Å². The van der Waals surface area contributed by atoms with E-state index in [9.17, 15) is 0 Å². The quantitative estimate of drug-likeness (QED) is 0.559. The number of thiocarbonyl (C=S) groups is 1. The maximum absolute atomic E-state index is 5.09. The number of benzene rings is 1. The molecule has 0 saturated heterocycles. The van der Waals surface area contributed by atoms with E-state index in [1.807, 2.05) is 18.2 Å². The highest BCUT2D eigenvalue weighted by Gasteiger charge is 2.10. The van der Waals surface area contributed by atoms with E-state index < -0.39 is 0 Å². The number of hydrogen-bond acceptors (Lipinski definition) is 2. The Morgan fingerprint density at radius 3 is 2.91 bits per heavy atom. The minimum absolute atomic E-state index is 0.784. The van der Waals surface area contributed by atoms with Crippen LogP contribution < -0.4 is 10.9 Å². The van der Waals surface area contributed by atoms with Crippen molar-refractivity contribution in [2.24, 2.45) is 0 Å². The van der Waals surface area contributed by atoms with Crippen LogP contribution in [0.4, 0.5) is 0 Å². The van der Waals surface area contributed by atoms with Gasteiger partial charge in [-0.15, -0.1) is 0 Å². The summed E-state index contributed by atoms with van der Waals surface area (Å²) in [5, 5.41) is 0. The third-order valence-corrected chi connectivity index (χ3v) is 2.06. The second-order valence-electron chi connectivity index (χ2n) is 2.46. The van der Waals surface area contributed by atoms with Crippen molar-refractivity contribution in [3.05, 3.63) is 35.4 Å². The van der Waals surface area contributed by atoms with Crippen molar-refractivity contribution < 1.29 is 0 Å². The van der Waals surface area contributed by atoms with Gasteiger partial charge in [0.15, 0.2) is 0 Å². The molecule has 1 aromatic carbocycles. The van der Waals surface area contributed by atoms with Crippen LogP contribution in [0.1, 0.15) is 11.1 Å². The van der Waals surface area contributed by atoms with E-state index >= 15 is 0 Å². The molecule has 0 aromatic heterocycles. The van der Waals surface area contributed by atoms with Gasteiger partial charge >= 0.3 is 0 Å². The number of rotatable bonds is 0. The predicted octanol–water partition coefficient (Wildman–Crippen LogP) is 0.970. The topological polar surface area (TPSA) is 24.1 Å². The number of nitrogens with one attached hydrogen (secondary N) is 2. The molecule has 0 bridgehead atoms. The molecule has 1 aromatic rings. The van der Waals surface area contributed by atoms with E-state index in [1.165, 1.54) is 5.56 Å². The van der Waals surface area contributed by atoms with Crippen molar-refractivity contribution in [2.75, 3.05) is 0 Å². The van der Waals surface area contributed by atoms with Crippen LogP contribution in [0.3, 0.4) is 0 Å². The van der Waals surface area contributed by atoms with Crippen LogP contribution in [0.15, 0.2) is 24.3 Å². The van der Waals surface area contributed by atoms with Gasteiger partial charge in [0.25, 0.3) is 0 Å². The Balaban J connectivity index is 2.52. The van der Waals surface area contributed by atoms with E-state index in [4.69, 9.17) is 12.2 Å². The highest BCUT2D eigenvalue weighted by molar-refractivity contribution is 7.80. The molecule has 0 fully saturated rings. The van der Waals surface area contributed by atoms with Gasteiger partial charge < -0.3 is 5.43 Å². The molecule has 0 atom stereocenters. The van der Waals surface area contributed by atoms with Crippen molar-refractivity contribution in [1.29, 1.82) is 0 Å². The summed E-state index contributed by atoms with van der Waals surface area (Å²) >= 11 is 5.09. The molecule has 56 valence electrons. The fourth-order valence-corrected chi connectivity index (χ4v) is 1.45. The fraction of sp³-hybridized carbons (Fsp3) is 0.125. The third-order valence-electron chi connectivity index (χ3n) is 1.74. The van der Waals surface area contributed by atoms with Crippen molar-refractivity contribution in [1.82, 2.24) is 10.9 Å². The molecule has 0 spiro atoms. The lowest BCUT2D eigenvalue weighted by atomic mass is 10.1. The Morgan fingerprint density at radius 2 is 2.09 bits per heavy atom. The summed E-state index contributed by atoms with van der Waals surface area (Å²) in [4.78, 5) is 0.784. The van der Waals surface area contributed by atoms with Crippen LogP contribution in [-0.4, -0.2) is 4.99 Å². The normalized spacial score (nSPS) is 15.5. The standard InChI is InChI=1S/C8H8N2S/c11-8-7-4-2-1-3-6(7)5-9-10-8/h1-4,9H,5H2,(H,10,11). The van der Waals surface area contributed by atoms with Crippen molar-refractivity contribution in [2.45, 2.75) is 6.54 Å². The molecule has 11 heavy (non-hydrogen) atoms. The maximum Gasteiger partial charge on any atom is 0.121 e. The second kappa shape index (κ2) is 2.60. The lowest BCUT2D eigenvalue weighted by Gasteiger charge is -2.18. The Hall–Kier alpha value is -0.930. The van der Waals surface area contributed by atoms with E-state index in [1.54, 1.807) is 0 Å². The van der Waals surface area contributed by atoms with E-state index in [-0.39, 0.29) is 0 Å². The summed E-state index contributed by atoms with van der Waals surface area (Å²) < 4.78 is 0. The first kappa shape index (κ1) is 6.76. The van der Waals surface area contributed by atoms with Gasteiger partial charge in [0.2, 0.25) is 0 Å². The second-order valence-corrected chi connectivity index (χ2v) is 2.87. The lowest BCUT2D eigenvalue weighted by molar-refractivity contribution is 0.641. The Bertz CT molecular complexity index is 296. The fourth-order valence-electron chi connectivity index (χ4n) is 1.18. The summed E-state index contributed by atoms with van der Waals surface area (Å²) in [7, 11) is 0. The molecule has 3 heteroatoms. The van der Waals surface area contributed by atoms with Gasteiger partial charge in [0.1, 0.15) is 4.99 Å². The average molecular weight is 164 g/mol. The highest BCUT2D eigenvalue weighted by atomic mass is 32.1. The van der Waals surface area contributed by atoms with Gasteiger partial charge in [-0.2, -0.15) is 0 Å². The first-order valence-electron chi connectivity index (χ1n) is 3.49. The first-order chi connectivity index (χ1) is 5.38. The molecule has 0 amide bonds. The maximum atomic E-state index is 5.09. The van der Waals surface area contributed by atoms with Gasteiger partial charge in [0.05, 0.1) is 0 Å². The molecular formula is C8H8N2S. The van der Waals surface area contributed by atoms with Gasteiger partial charge in [0, 0.05) is 12.1 Å². The van der Waals surface area contributed by atoms with Gasteiger partial charge in [-0.05, 0) is 5.56 Å². The van der Waals surface area contributed by atoms with E-state index in [0.717, 1.165) is 17.1 Å². The Labute approximate surface area is 70.6 Å². The molecule has 0 unspecified atom stereocenters. The highest BCUT2D eigenvalue weighted by Crippen LogP contribution is 2.10. The largest absolute Gasteiger partial charge is 0.311 e. The molecule has 0 saturated carbocycles. The van der Waals surface area contributed by atoms with Gasteiger partial charge in [-0.3, -0.25) is 0 Å². The van der Waals surface area contributed by atoms with Crippen LogP contribution in [0, 0.1) is 0 Å². The lowest BCUT2D eigenvalue weighted by Crippen LogP contribution is -2.41. The Morgan fingerprint density at radius 1 is 1.27 bits per heavy atom. The van der Waals surface area contributed by atoms with Crippen LogP contribution >= 0.6 is 12.2 Å². The van der Waals surface area contributed by atoms with Crippen LogP contribution in [0.25, 0.3) is 0 Å². The van der Waals surface area contributed by atoms with Crippen molar-refractivity contribution in [3.8, 4) is 0 Å². The van der Waals surface area contributed by atoms with Gasteiger partial charge in [-0.1, -0.05) is 36.5 Å². The zero-order chi connectivity index (χ0) is 7.68. The molecule has 1 aliphatic rings. The first-order valence-corrected chi connectivity index (χ1v) is 3.90. The molecule has 1 heterocycles. The Kier molecular flexibility index (Phi) is 1.60. The average Bonchev–Trinajstić information content (AvgIpc) is 2.06.